The Hall–Kier alpha value is -2.41. The molecular weight excluding hydrogens is 372 g/mol. The molecule has 148 valence electrons. The molecule has 0 aromatic heterocycles. The third kappa shape index (κ3) is 3.63. The SMILES string of the molecule is F[C@@H]1CC2(CCN1CCc1ccc(C(F)(F)F)cc1)OC=Nc1ccccc12. The number of aliphatic imine (C=N–C) groups is 1. The van der Waals surface area contributed by atoms with Crippen molar-refractivity contribution in [2.24, 2.45) is 4.99 Å². The first-order chi connectivity index (χ1) is 13.4. The van der Waals surface area contributed by atoms with Gasteiger partial charge in [-0.3, -0.25) is 4.90 Å². The van der Waals surface area contributed by atoms with Gasteiger partial charge in [-0.1, -0.05) is 30.3 Å². The number of rotatable bonds is 3. The molecule has 1 saturated heterocycles. The van der Waals surface area contributed by atoms with Crippen LogP contribution in [0.2, 0.25) is 0 Å². The maximum Gasteiger partial charge on any atom is 0.416 e. The first-order valence-electron chi connectivity index (χ1n) is 9.22. The molecule has 7 heteroatoms. The molecule has 2 aromatic rings. The molecule has 2 aliphatic heterocycles. The van der Waals surface area contributed by atoms with Crippen molar-refractivity contribution in [1.29, 1.82) is 0 Å². The highest BCUT2D eigenvalue weighted by Gasteiger charge is 2.45. The Morgan fingerprint density at radius 1 is 1.11 bits per heavy atom. The highest BCUT2D eigenvalue weighted by molar-refractivity contribution is 5.64. The first kappa shape index (κ1) is 18.9. The van der Waals surface area contributed by atoms with Crippen molar-refractivity contribution in [2.45, 2.75) is 37.3 Å². The van der Waals surface area contributed by atoms with Crippen molar-refractivity contribution in [3.05, 3.63) is 65.2 Å². The van der Waals surface area contributed by atoms with Gasteiger partial charge in [0.25, 0.3) is 0 Å². The van der Waals surface area contributed by atoms with Crippen LogP contribution in [-0.2, 0) is 22.9 Å². The number of halogens is 4. The van der Waals surface area contributed by atoms with E-state index in [1.54, 1.807) is 4.90 Å². The zero-order valence-electron chi connectivity index (χ0n) is 15.1. The van der Waals surface area contributed by atoms with Crippen molar-refractivity contribution in [2.75, 3.05) is 13.1 Å². The largest absolute Gasteiger partial charge is 0.472 e. The predicted molar refractivity (Wildman–Crippen MR) is 98.2 cm³/mol. The van der Waals surface area contributed by atoms with Gasteiger partial charge in [-0.05, 0) is 30.2 Å². The summed E-state index contributed by atoms with van der Waals surface area (Å²) in [7, 11) is 0. The van der Waals surface area contributed by atoms with E-state index < -0.39 is 23.6 Å². The van der Waals surface area contributed by atoms with Crippen molar-refractivity contribution in [3.8, 4) is 0 Å². The summed E-state index contributed by atoms with van der Waals surface area (Å²) >= 11 is 0. The summed E-state index contributed by atoms with van der Waals surface area (Å²) < 4.78 is 58.7. The average molecular weight is 392 g/mol. The van der Waals surface area contributed by atoms with Crippen LogP contribution < -0.4 is 0 Å². The second kappa shape index (κ2) is 7.20. The summed E-state index contributed by atoms with van der Waals surface area (Å²) in [6.45, 7) is 0.947. The molecule has 2 heterocycles. The maximum absolute atomic E-state index is 14.9. The van der Waals surface area contributed by atoms with Crippen LogP contribution in [0.3, 0.4) is 0 Å². The molecule has 28 heavy (non-hydrogen) atoms. The van der Waals surface area contributed by atoms with Crippen LogP contribution in [0.1, 0.15) is 29.5 Å². The quantitative estimate of drug-likeness (QED) is 0.528. The standard InChI is InChI=1S/C21H20F4N2O/c22-19-13-20(17-3-1-2-4-18(17)26-14-28-20)10-12-27(19)11-9-15-5-7-16(8-6-15)21(23,24)25/h1-8,14,19H,9-13H2/t19-,20?/m0/s1. The molecule has 0 amide bonds. The van der Waals surface area contributed by atoms with Crippen molar-refractivity contribution < 1.29 is 22.3 Å². The van der Waals surface area contributed by atoms with E-state index in [0.717, 1.165) is 28.9 Å². The lowest BCUT2D eigenvalue weighted by Crippen LogP contribution is -2.49. The Balaban J connectivity index is 1.40. The van der Waals surface area contributed by atoms with Gasteiger partial charge >= 0.3 is 6.18 Å². The normalized spacial score (nSPS) is 24.8. The summed E-state index contributed by atoms with van der Waals surface area (Å²) in [6.07, 6.45) is -2.82. The molecule has 2 atom stereocenters. The second-order valence-electron chi connectivity index (χ2n) is 7.23. The van der Waals surface area contributed by atoms with E-state index in [9.17, 15) is 17.6 Å². The molecule has 1 spiro atoms. The molecule has 4 rings (SSSR count). The molecule has 2 aliphatic rings. The number of ether oxygens (including phenoxy) is 1. The Morgan fingerprint density at radius 2 is 1.86 bits per heavy atom. The van der Waals surface area contributed by atoms with Crippen LogP contribution in [0.15, 0.2) is 53.5 Å². The highest BCUT2D eigenvalue weighted by atomic mass is 19.4. The summed E-state index contributed by atoms with van der Waals surface area (Å²) in [5, 5.41) is 0. The predicted octanol–water partition coefficient (Wildman–Crippen LogP) is 5.22. The molecule has 3 nitrogen and oxygen atoms in total. The fourth-order valence-electron chi connectivity index (χ4n) is 3.92. The van der Waals surface area contributed by atoms with Gasteiger partial charge < -0.3 is 4.74 Å². The summed E-state index contributed by atoms with van der Waals surface area (Å²) in [4.78, 5) is 5.95. The van der Waals surface area contributed by atoms with E-state index in [-0.39, 0.29) is 6.42 Å². The monoisotopic (exact) mass is 392 g/mol. The lowest BCUT2D eigenvalue weighted by molar-refractivity contribution is -0.137. The number of para-hydroxylation sites is 1. The molecule has 1 unspecified atom stereocenters. The summed E-state index contributed by atoms with van der Waals surface area (Å²) in [5.41, 5.74) is 1.09. The van der Waals surface area contributed by atoms with Gasteiger partial charge in [0.1, 0.15) is 5.60 Å². The van der Waals surface area contributed by atoms with Crippen LogP contribution in [0.25, 0.3) is 0 Å². The van der Waals surface area contributed by atoms with E-state index in [1.807, 2.05) is 24.3 Å². The number of likely N-dealkylation sites (tertiary alicyclic amines) is 1. The minimum Gasteiger partial charge on any atom is -0.472 e. The van der Waals surface area contributed by atoms with Gasteiger partial charge in [0.15, 0.2) is 12.7 Å². The Labute approximate surface area is 160 Å². The van der Waals surface area contributed by atoms with Gasteiger partial charge in [0.2, 0.25) is 0 Å². The van der Waals surface area contributed by atoms with Gasteiger partial charge in [-0.2, -0.15) is 13.2 Å². The molecule has 0 N–H and O–H groups in total. The third-order valence-electron chi connectivity index (χ3n) is 5.53. The smallest absolute Gasteiger partial charge is 0.416 e. The topological polar surface area (TPSA) is 24.8 Å². The molecule has 0 saturated carbocycles. The lowest BCUT2D eigenvalue weighted by Gasteiger charge is -2.44. The minimum atomic E-state index is -4.34. The molecular formula is C21H20F4N2O. The van der Waals surface area contributed by atoms with Crippen LogP contribution in [0.4, 0.5) is 23.2 Å². The minimum absolute atomic E-state index is 0.197. The van der Waals surface area contributed by atoms with Gasteiger partial charge in [0.05, 0.1) is 11.3 Å². The van der Waals surface area contributed by atoms with Crippen LogP contribution in [-0.4, -0.2) is 30.7 Å². The molecule has 0 aliphatic carbocycles. The highest BCUT2D eigenvalue weighted by Crippen LogP contribution is 2.45. The summed E-state index contributed by atoms with van der Waals surface area (Å²) in [5.74, 6) is 0. The van der Waals surface area contributed by atoms with Gasteiger partial charge in [-0.25, -0.2) is 9.38 Å². The van der Waals surface area contributed by atoms with E-state index in [4.69, 9.17) is 4.74 Å². The first-order valence-corrected chi connectivity index (χ1v) is 9.22. The van der Waals surface area contributed by atoms with Gasteiger partial charge in [-0.15, -0.1) is 0 Å². The van der Waals surface area contributed by atoms with E-state index >= 15 is 0 Å². The van der Waals surface area contributed by atoms with Gasteiger partial charge in [0, 0.05) is 31.5 Å². The van der Waals surface area contributed by atoms with Crippen LogP contribution in [0.5, 0.6) is 0 Å². The molecule has 1 fully saturated rings. The average Bonchev–Trinajstić information content (AvgIpc) is 2.67. The van der Waals surface area contributed by atoms with Crippen LogP contribution >= 0.6 is 0 Å². The Bertz CT molecular complexity index is 865. The summed E-state index contributed by atoms with van der Waals surface area (Å²) in [6, 6.07) is 12.7. The van der Waals surface area contributed by atoms with E-state index in [0.29, 0.717) is 25.9 Å². The lowest BCUT2D eigenvalue weighted by atomic mass is 9.82. The number of benzene rings is 2. The number of piperidine rings is 1. The fourth-order valence-corrected chi connectivity index (χ4v) is 3.92. The van der Waals surface area contributed by atoms with E-state index in [1.165, 1.54) is 18.5 Å². The van der Waals surface area contributed by atoms with Crippen LogP contribution in [0, 0.1) is 0 Å². The fraction of sp³-hybridized carbons (Fsp3) is 0.381. The second-order valence-corrected chi connectivity index (χ2v) is 7.23. The van der Waals surface area contributed by atoms with E-state index in [2.05, 4.69) is 4.99 Å². The zero-order chi connectivity index (χ0) is 19.8. The number of fused-ring (bicyclic) bond motifs is 2. The molecule has 2 aromatic carbocycles. The Morgan fingerprint density at radius 3 is 2.57 bits per heavy atom. The van der Waals surface area contributed by atoms with Crippen molar-refractivity contribution >= 4 is 12.1 Å². The molecule has 0 radical (unpaired) electrons. The van der Waals surface area contributed by atoms with Crippen molar-refractivity contribution in [1.82, 2.24) is 4.90 Å². The molecule has 0 bridgehead atoms. The third-order valence-corrected chi connectivity index (χ3v) is 5.53. The maximum atomic E-state index is 14.9. The number of alkyl halides is 4. The number of hydrogen-bond donors (Lipinski definition) is 0. The Kier molecular flexibility index (Phi) is 4.87. The number of nitrogens with zero attached hydrogens (tertiary/aromatic N) is 2. The zero-order valence-corrected chi connectivity index (χ0v) is 15.1. The number of hydrogen-bond acceptors (Lipinski definition) is 3. The van der Waals surface area contributed by atoms with Crippen molar-refractivity contribution in [3.63, 3.8) is 0 Å².